The third-order valence-electron chi connectivity index (χ3n) is 4.59. The minimum atomic E-state index is -0.500. The summed E-state index contributed by atoms with van der Waals surface area (Å²) in [6, 6.07) is 20.8. The van der Waals surface area contributed by atoms with Gasteiger partial charge in [0.1, 0.15) is 18.2 Å². The summed E-state index contributed by atoms with van der Waals surface area (Å²) >= 11 is 6.89. The maximum atomic E-state index is 12.6. The van der Waals surface area contributed by atoms with Gasteiger partial charge in [-0.15, -0.1) is 0 Å². The Kier molecular flexibility index (Phi) is 8.70. The van der Waals surface area contributed by atoms with Gasteiger partial charge in [-0.05, 0) is 61.4 Å². The highest BCUT2D eigenvalue weighted by Gasteiger charge is 2.14. The molecule has 0 saturated carbocycles. The molecule has 0 aliphatic carbocycles. The SMILES string of the molecule is CCOc1cc(/C=C(/C#N)C(=O)Nc2cccc(Br)c2)c(Br)cc1OCc1cccc(C)c1. The van der Waals surface area contributed by atoms with E-state index < -0.39 is 5.91 Å². The highest BCUT2D eigenvalue weighted by Crippen LogP contribution is 2.35. The first kappa shape index (κ1) is 24.6. The van der Waals surface area contributed by atoms with Crippen LogP contribution in [-0.2, 0) is 11.4 Å². The zero-order valence-corrected chi connectivity index (χ0v) is 21.4. The number of anilines is 1. The van der Waals surface area contributed by atoms with Gasteiger partial charge >= 0.3 is 0 Å². The van der Waals surface area contributed by atoms with E-state index in [1.807, 2.05) is 44.2 Å². The van der Waals surface area contributed by atoms with Gasteiger partial charge in [0.15, 0.2) is 11.5 Å². The van der Waals surface area contributed by atoms with Crippen LogP contribution in [0.15, 0.2) is 75.2 Å². The van der Waals surface area contributed by atoms with Crippen molar-refractivity contribution >= 4 is 49.5 Å². The summed E-state index contributed by atoms with van der Waals surface area (Å²) in [6.45, 7) is 4.75. The first-order valence-corrected chi connectivity index (χ1v) is 11.8. The topological polar surface area (TPSA) is 71.3 Å². The summed E-state index contributed by atoms with van der Waals surface area (Å²) in [4.78, 5) is 12.6. The molecule has 3 aromatic carbocycles. The molecule has 168 valence electrons. The van der Waals surface area contributed by atoms with Crippen LogP contribution in [0.5, 0.6) is 11.5 Å². The van der Waals surface area contributed by atoms with Gasteiger partial charge in [0.25, 0.3) is 5.91 Å². The molecule has 0 atom stereocenters. The number of ether oxygens (including phenoxy) is 2. The average Bonchev–Trinajstić information content (AvgIpc) is 2.78. The Labute approximate surface area is 210 Å². The predicted molar refractivity (Wildman–Crippen MR) is 137 cm³/mol. The fourth-order valence-electron chi connectivity index (χ4n) is 3.07. The van der Waals surface area contributed by atoms with Gasteiger partial charge in [-0.2, -0.15) is 5.26 Å². The van der Waals surface area contributed by atoms with E-state index in [2.05, 4.69) is 43.2 Å². The molecule has 0 aliphatic heterocycles. The Morgan fingerprint density at radius 3 is 2.52 bits per heavy atom. The monoisotopic (exact) mass is 568 g/mol. The molecule has 1 N–H and O–H groups in total. The van der Waals surface area contributed by atoms with Gasteiger partial charge in [-0.25, -0.2) is 0 Å². The number of halogens is 2. The van der Waals surface area contributed by atoms with Crippen LogP contribution < -0.4 is 14.8 Å². The summed E-state index contributed by atoms with van der Waals surface area (Å²) < 4.78 is 13.3. The number of carbonyl (C=O) groups excluding carboxylic acids is 1. The maximum absolute atomic E-state index is 12.6. The highest BCUT2D eigenvalue weighted by molar-refractivity contribution is 9.10. The second-order valence-corrected chi connectivity index (χ2v) is 8.94. The van der Waals surface area contributed by atoms with E-state index in [4.69, 9.17) is 9.47 Å². The lowest BCUT2D eigenvalue weighted by atomic mass is 10.1. The van der Waals surface area contributed by atoms with Gasteiger partial charge in [-0.1, -0.05) is 67.8 Å². The minimum Gasteiger partial charge on any atom is -0.490 e. The summed E-state index contributed by atoms with van der Waals surface area (Å²) in [5.74, 6) is 0.601. The maximum Gasteiger partial charge on any atom is 0.266 e. The quantitative estimate of drug-likeness (QED) is 0.233. The Morgan fingerprint density at radius 2 is 1.82 bits per heavy atom. The lowest BCUT2D eigenvalue weighted by Crippen LogP contribution is -2.13. The van der Waals surface area contributed by atoms with E-state index in [9.17, 15) is 10.1 Å². The van der Waals surface area contributed by atoms with Crippen LogP contribution in [0.2, 0.25) is 0 Å². The normalized spacial score (nSPS) is 10.9. The third kappa shape index (κ3) is 6.95. The molecule has 33 heavy (non-hydrogen) atoms. The molecular formula is C26H22Br2N2O3. The number of nitriles is 1. The van der Waals surface area contributed by atoms with Crippen molar-refractivity contribution in [2.24, 2.45) is 0 Å². The molecule has 1 amide bonds. The molecule has 0 heterocycles. The Bertz CT molecular complexity index is 1230. The van der Waals surface area contributed by atoms with Crippen molar-refractivity contribution in [3.8, 4) is 17.6 Å². The first-order chi connectivity index (χ1) is 15.9. The first-order valence-electron chi connectivity index (χ1n) is 10.2. The third-order valence-corrected chi connectivity index (χ3v) is 5.77. The molecular weight excluding hydrogens is 548 g/mol. The van der Waals surface area contributed by atoms with Gasteiger partial charge in [0, 0.05) is 14.6 Å². The zero-order valence-electron chi connectivity index (χ0n) is 18.2. The van der Waals surface area contributed by atoms with Crippen molar-refractivity contribution in [1.29, 1.82) is 5.26 Å². The number of aryl methyl sites for hydroxylation is 1. The van der Waals surface area contributed by atoms with Crippen LogP contribution in [0.3, 0.4) is 0 Å². The molecule has 0 saturated heterocycles. The van der Waals surface area contributed by atoms with Crippen LogP contribution in [-0.4, -0.2) is 12.5 Å². The fraction of sp³-hybridized carbons (Fsp3) is 0.154. The molecule has 0 aromatic heterocycles. The van der Waals surface area contributed by atoms with Gasteiger partial charge < -0.3 is 14.8 Å². The summed E-state index contributed by atoms with van der Waals surface area (Å²) in [6.07, 6.45) is 1.52. The standard InChI is InChI=1S/C26H22Br2N2O3/c1-3-32-24-12-19(11-20(15-29)26(31)30-22-9-5-8-21(27)13-22)23(28)14-25(24)33-16-18-7-4-6-17(2)10-18/h4-14H,3,16H2,1-2H3,(H,30,31)/b20-11-. The number of amides is 1. The van der Waals surface area contributed by atoms with E-state index in [1.165, 1.54) is 6.08 Å². The van der Waals surface area contributed by atoms with Gasteiger partial charge in [0.2, 0.25) is 0 Å². The molecule has 0 bridgehead atoms. The van der Waals surface area contributed by atoms with Crippen molar-refractivity contribution in [2.75, 3.05) is 11.9 Å². The van der Waals surface area contributed by atoms with Gasteiger partial charge in [0.05, 0.1) is 6.61 Å². The van der Waals surface area contributed by atoms with Gasteiger partial charge in [-0.3, -0.25) is 4.79 Å². The van der Waals surface area contributed by atoms with E-state index in [-0.39, 0.29) is 5.57 Å². The molecule has 0 aliphatic rings. The lowest BCUT2D eigenvalue weighted by molar-refractivity contribution is -0.112. The summed E-state index contributed by atoms with van der Waals surface area (Å²) in [5, 5.41) is 12.3. The molecule has 0 spiro atoms. The van der Waals surface area contributed by atoms with Crippen LogP contribution in [0, 0.1) is 18.3 Å². The number of hydrogen-bond donors (Lipinski definition) is 1. The number of nitrogens with zero attached hydrogens (tertiary/aromatic N) is 1. The predicted octanol–water partition coefficient (Wildman–Crippen LogP) is 7.04. The number of carbonyl (C=O) groups is 1. The number of nitrogens with one attached hydrogen (secondary N) is 1. The van der Waals surface area contributed by atoms with Crippen molar-refractivity contribution < 1.29 is 14.3 Å². The molecule has 0 radical (unpaired) electrons. The van der Waals surface area contributed by atoms with Crippen LogP contribution in [0.1, 0.15) is 23.6 Å². The molecule has 7 heteroatoms. The van der Waals surface area contributed by atoms with E-state index in [0.717, 1.165) is 15.6 Å². The lowest BCUT2D eigenvalue weighted by Gasteiger charge is -2.14. The van der Waals surface area contributed by atoms with Crippen molar-refractivity contribution in [3.05, 3.63) is 91.9 Å². The number of benzene rings is 3. The van der Waals surface area contributed by atoms with Crippen LogP contribution in [0.25, 0.3) is 6.08 Å². The summed E-state index contributed by atoms with van der Waals surface area (Å²) in [5.41, 5.74) is 3.39. The smallest absolute Gasteiger partial charge is 0.266 e. The van der Waals surface area contributed by atoms with Crippen molar-refractivity contribution in [2.45, 2.75) is 20.5 Å². The second kappa shape index (κ2) is 11.7. The Morgan fingerprint density at radius 1 is 1.06 bits per heavy atom. The molecule has 3 rings (SSSR count). The van der Waals surface area contributed by atoms with Crippen molar-refractivity contribution in [3.63, 3.8) is 0 Å². The Hall–Kier alpha value is -3.08. The molecule has 3 aromatic rings. The molecule has 0 unspecified atom stereocenters. The van der Waals surface area contributed by atoms with Crippen LogP contribution >= 0.6 is 31.9 Å². The van der Waals surface area contributed by atoms with E-state index in [0.29, 0.717) is 40.4 Å². The van der Waals surface area contributed by atoms with Crippen LogP contribution in [0.4, 0.5) is 5.69 Å². The van der Waals surface area contributed by atoms with Crippen molar-refractivity contribution in [1.82, 2.24) is 0 Å². The Balaban J connectivity index is 1.85. The van der Waals surface area contributed by atoms with E-state index in [1.54, 1.807) is 30.3 Å². The minimum absolute atomic E-state index is 0.0356. The second-order valence-electron chi connectivity index (χ2n) is 7.17. The number of rotatable bonds is 8. The summed E-state index contributed by atoms with van der Waals surface area (Å²) in [7, 11) is 0. The van der Waals surface area contributed by atoms with E-state index >= 15 is 0 Å². The average molecular weight is 570 g/mol. The molecule has 5 nitrogen and oxygen atoms in total. The number of hydrogen-bond acceptors (Lipinski definition) is 4. The fourth-order valence-corrected chi connectivity index (χ4v) is 3.91. The molecule has 0 fully saturated rings. The highest BCUT2D eigenvalue weighted by atomic mass is 79.9. The zero-order chi connectivity index (χ0) is 23.8. The largest absolute Gasteiger partial charge is 0.490 e.